The Morgan fingerprint density at radius 1 is 1.35 bits per heavy atom. The summed E-state index contributed by atoms with van der Waals surface area (Å²) in [4.78, 5) is 33.0. The number of amides is 2. The van der Waals surface area contributed by atoms with Crippen LogP contribution in [-0.2, 0) is 11.2 Å². The van der Waals surface area contributed by atoms with Gasteiger partial charge in [0.2, 0.25) is 5.91 Å². The zero-order chi connectivity index (χ0) is 16.6. The zero-order valence-electron chi connectivity index (χ0n) is 13.2. The van der Waals surface area contributed by atoms with Crippen molar-refractivity contribution in [3.05, 3.63) is 37.5 Å². The van der Waals surface area contributed by atoms with Gasteiger partial charge >= 0.3 is 0 Å². The van der Waals surface area contributed by atoms with Crippen molar-refractivity contribution < 1.29 is 9.59 Å². The van der Waals surface area contributed by atoms with E-state index >= 15 is 0 Å². The molecule has 23 heavy (non-hydrogen) atoms. The molecule has 2 aromatic rings. The number of hydrogen-bond donors (Lipinski definition) is 1. The van der Waals surface area contributed by atoms with Crippen LogP contribution in [0.25, 0.3) is 0 Å². The average molecular weight is 349 g/mol. The number of nitrogens with zero attached hydrogens (tertiary/aromatic N) is 2. The normalized spacial score (nSPS) is 17.7. The molecule has 0 saturated carbocycles. The number of primary amides is 1. The van der Waals surface area contributed by atoms with Crippen molar-refractivity contribution in [3.8, 4) is 0 Å². The van der Waals surface area contributed by atoms with Gasteiger partial charge in [0, 0.05) is 16.3 Å². The molecule has 1 saturated heterocycles. The highest BCUT2D eigenvalue weighted by Gasteiger charge is 2.31. The van der Waals surface area contributed by atoms with Gasteiger partial charge in [-0.05, 0) is 38.8 Å². The summed E-state index contributed by atoms with van der Waals surface area (Å²) in [6.45, 7) is 4.73. The van der Waals surface area contributed by atoms with Crippen molar-refractivity contribution in [1.29, 1.82) is 0 Å². The van der Waals surface area contributed by atoms with Crippen molar-refractivity contribution >= 4 is 34.5 Å². The maximum absolute atomic E-state index is 12.7. The van der Waals surface area contributed by atoms with Crippen LogP contribution in [0, 0.1) is 13.8 Å². The standard InChI is InChI=1S/C16H19N3O2S2/c1-9-11(18-10(2)22-9)8-15(20)19-7-3-4-12(19)13-5-6-14(23-13)16(17)21/h5-6,12H,3-4,7-8H2,1-2H3,(H2,17,21)/t12-/m1/s1. The molecule has 0 radical (unpaired) electrons. The van der Waals surface area contributed by atoms with Crippen LogP contribution in [0.1, 0.15) is 49.0 Å². The molecule has 2 N–H and O–H groups in total. The Labute approximate surface area is 143 Å². The molecule has 2 amide bonds. The van der Waals surface area contributed by atoms with E-state index in [1.807, 2.05) is 24.8 Å². The number of aryl methyl sites for hydroxylation is 2. The smallest absolute Gasteiger partial charge is 0.258 e. The van der Waals surface area contributed by atoms with E-state index in [9.17, 15) is 9.59 Å². The highest BCUT2D eigenvalue weighted by atomic mass is 32.1. The quantitative estimate of drug-likeness (QED) is 0.922. The van der Waals surface area contributed by atoms with Gasteiger partial charge in [0.05, 0.1) is 28.0 Å². The molecule has 0 unspecified atom stereocenters. The Kier molecular flexibility index (Phi) is 4.50. The molecule has 122 valence electrons. The molecule has 0 aliphatic carbocycles. The number of rotatable bonds is 4. The van der Waals surface area contributed by atoms with Crippen molar-refractivity contribution in [1.82, 2.24) is 9.88 Å². The molecule has 1 atom stereocenters. The molecule has 1 aliphatic heterocycles. The van der Waals surface area contributed by atoms with Crippen LogP contribution in [0.4, 0.5) is 0 Å². The van der Waals surface area contributed by atoms with E-state index in [-0.39, 0.29) is 11.9 Å². The van der Waals surface area contributed by atoms with Gasteiger partial charge in [0.1, 0.15) is 0 Å². The van der Waals surface area contributed by atoms with Crippen molar-refractivity contribution in [2.75, 3.05) is 6.54 Å². The fourth-order valence-electron chi connectivity index (χ4n) is 3.01. The Hall–Kier alpha value is -1.73. The minimum Gasteiger partial charge on any atom is -0.365 e. The Morgan fingerprint density at radius 2 is 2.13 bits per heavy atom. The first-order valence-corrected chi connectivity index (χ1v) is 9.21. The number of hydrogen-bond acceptors (Lipinski definition) is 5. The van der Waals surface area contributed by atoms with E-state index < -0.39 is 5.91 Å². The van der Waals surface area contributed by atoms with Gasteiger partial charge in [0.25, 0.3) is 5.91 Å². The Morgan fingerprint density at radius 3 is 2.74 bits per heavy atom. The second kappa shape index (κ2) is 6.41. The molecule has 2 aromatic heterocycles. The first-order valence-electron chi connectivity index (χ1n) is 7.57. The summed E-state index contributed by atoms with van der Waals surface area (Å²) in [5.74, 6) is -0.305. The summed E-state index contributed by atoms with van der Waals surface area (Å²) < 4.78 is 0. The fraction of sp³-hybridized carbons (Fsp3) is 0.438. The van der Waals surface area contributed by atoms with Crippen molar-refractivity contribution in [2.24, 2.45) is 5.73 Å². The van der Waals surface area contributed by atoms with Crippen LogP contribution in [0.2, 0.25) is 0 Å². The molecule has 1 aliphatic rings. The number of aromatic nitrogens is 1. The van der Waals surface area contributed by atoms with Crippen LogP contribution in [0.3, 0.4) is 0 Å². The lowest BCUT2D eigenvalue weighted by molar-refractivity contribution is -0.131. The summed E-state index contributed by atoms with van der Waals surface area (Å²) in [7, 11) is 0. The van der Waals surface area contributed by atoms with E-state index in [0.717, 1.165) is 39.8 Å². The lowest BCUT2D eigenvalue weighted by atomic mass is 10.1. The van der Waals surface area contributed by atoms with Crippen LogP contribution >= 0.6 is 22.7 Å². The second-order valence-corrected chi connectivity index (χ2v) is 8.25. The number of carbonyl (C=O) groups excluding carboxylic acids is 2. The van der Waals surface area contributed by atoms with Crippen molar-refractivity contribution in [2.45, 2.75) is 39.2 Å². The predicted molar refractivity (Wildman–Crippen MR) is 91.8 cm³/mol. The molecule has 7 heteroatoms. The number of thiazole rings is 1. The summed E-state index contributed by atoms with van der Waals surface area (Å²) >= 11 is 3.02. The minimum atomic E-state index is -0.411. The number of thiophene rings is 1. The highest BCUT2D eigenvalue weighted by molar-refractivity contribution is 7.14. The second-order valence-electron chi connectivity index (χ2n) is 5.72. The molecule has 0 spiro atoms. The zero-order valence-corrected chi connectivity index (χ0v) is 14.8. The van der Waals surface area contributed by atoms with Crippen LogP contribution < -0.4 is 5.73 Å². The van der Waals surface area contributed by atoms with E-state index in [1.165, 1.54) is 11.3 Å². The van der Waals surface area contributed by atoms with E-state index in [0.29, 0.717) is 11.3 Å². The number of carbonyl (C=O) groups is 2. The third-order valence-electron chi connectivity index (χ3n) is 4.09. The molecular formula is C16H19N3O2S2. The van der Waals surface area contributed by atoms with Gasteiger partial charge in [0.15, 0.2) is 0 Å². The summed E-state index contributed by atoms with van der Waals surface area (Å²) in [5, 5.41) is 0.993. The van der Waals surface area contributed by atoms with E-state index in [1.54, 1.807) is 17.4 Å². The molecule has 5 nitrogen and oxygen atoms in total. The molecule has 0 bridgehead atoms. The van der Waals surface area contributed by atoms with E-state index in [4.69, 9.17) is 5.73 Å². The highest BCUT2D eigenvalue weighted by Crippen LogP contribution is 2.36. The summed E-state index contributed by atoms with van der Waals surface area (Å²) in [6, 6.07) is 3.72. The Bertz CT molecular complexity index is 750. The lowest BCUT2D eigenvalue weighted by Crippen LogP contribution is -2.31. The summed E-state index contributed by atoms with van der Waals surface area (Å²) in [5.41, 5.74) is 6.21. The van der Waals surface area contributed by atoms with Crippen LogP contribution in [0.15, 0.2) is 12.1 Å². The lowest BCUT2D eigenvalue weighted by Gasteiger charge is -2.23. The van der Waals surface area contributed by atoms with Gasteiger partial charge in [-0.2, -0.15) is 0 Å². The first-order chi connectivity index (χ1) is 11.0. The number of nitrogens with two attached hydrogens (primary N) is 1. The molecule has 3 heterocycles. The van der Waals surface area contributed by atoms with Crippen molar-refractivity contribution in [3.63, 3.8) is 0 Å². The predicted octanol–water partition coefficient (Wildman–Crippen LogP) is 2.83. The largest absolute Gasteiger partial charge is 0.365 e. The maximum atomic E-state index is 12.7. The third-order valence-corrected chi connectivity index (χ3v) is 6.22. The Balaban J connectivity index is 1.76. The number of likely N-dealkylation sites (tertiary alicyclic amines) is 1. The third kappa shape index (κ3) is 3.30. The topological polar surface area (TPSA) is 76.3 Å². The molecule has 0 aromatic carbocycles. The SMILES string of the molecule is Cc1nc(CC(=O)N2CCC[C@@H]2c2ccc(C(N)=O)s2)c(C)s1. The summed E-state index contributed by atoms with van der Waals surface area (Å²) in [6.07, 6.45) is 2.26. The average Bonchev–Trinajstić information content (AvgIpc) is 3.18. The maximum Gasteiger partial charge on any atom is 0.258 e. The van der Waals surface area contributed by atoms with Gasteiger partial charge in [-0.3, -0.25) is 9.59 Å². The van der Waals surface area contributed by atoms with E-state index in [2.05, 4.69) is 4.98 Å². The molecule has 3 rings (SSSR count). The van der Waals surface area contributed by atoms with Gasteiger partial charge < -0.3 is 10.6 Å². The first kappa shape index (κ1) is 16.1. The van der Waals surface area contributed by atoms with Gasteiger partial charge in [-0.25, -0.2) is 4.98 Å². The monoisotopic (exact) mass is 349 g/mol. The molecular weight excluding hydrogens is 330 g/mol. The van der Waals surface area contributed by atoms with Crippen LogP contribution in [-0.4, -0.2) is 28.2 Å². The van der Waals surface area contributed by atoms with Gasteiger partial charge in [-0.1, -0.05) is 0 Å². The van der Waals surface area contributed by atoms with Gasteiger partial charge in [-0.15, -0.1) is 22.7 Å². The minimum absolute atomic E-state index is 0.0561. The fourth-order valence-corrected chi connectivity index (χ4v) is 4.85. The van der Waals surface area contributed by atoms with Crippen LogP contribution in [0.5, 0.6) is 0 Å². The molecule has 1 fully saturated rings.